The number of hydrogen-bond donors (Lipinski definition) is 0. The van der Waals surface area contributed by atoms with Crippen LogP contribution >= 0.6 is 0 Å². The highest BCUT2D eigenvalue weighted by Crippen LogP contribution is 2.44. The van der Waals surface area contributed by atoms with Gasteiger partial charge >= 0.3 is 5.97 Å². The summed E-state index contributed by atoms with van der Waals surface area (Å²) in [5.41, 5.74) is 0. The van der Waals surface area contributed by atoms with Crippen molar-refractivity contribution < 1.29 is 9.53 Å². The zero-order valence-corrected chi connectivity index (χ0v) is 14.4. The Morgan fingerprint density at radius 3 is 1.95 bits per heavy atom. The minimum Gasteiger partial charge on any atom is -0.464 e. The van der Waals surface area contributed by atoms with Crippen molar-refractivity contribution in [1.29, 1.82) is 0 Å². The molecule has 126 valence electrons. The average Bonchev–Trinajstić information content (AvgIpc) is 2.55. The van der Waals surface area contributed by atoms with E-state index in [1.54, 1.807) is 0 Å². The van der Waals surface area contributed by atoms with E-state index in [0.717, 1.165) is 17.8 Å². The molecule has 2 nitrogen and oxygen atoms in total. The Labute approximate surface area is 136 Å². The van der Waals surface area contributed by atoms with E-state index >= 15 is 0 Å². The third kappa shape index (κ3) is 3.86. The lowest BCUT2D eigenvalue weighted by Gasteiger charge is -2.41. The first-order valence-corrected chi connectivity index (χ1v) is 9.94. The van der Waals surface area contributed by atoms with Crippen LogP contribution < -0.4 is 0 Å². The molecular weight excluding hydrogens is 272 g/mol. The minimum absolute atomic E-state index is 0.0797. The molecular formula is C20H34O2. The summed E-state index contributed by atoms with van der Waals surface area (Å²) in [5.74, 6) is 3.97. The number of carbonyl (C=O) groups excluding carboxylic acids is 1. The Bertz CT molecular complexity index is 349. The van der Waals surface area contributed by atoms with E-state index in [4.69, 9.17) is 4.74 Å². The van der Waals surface area contributed by atoms with Gasteiger partial charge in [-0.05, 0) is 62.2 Å². The second-order valence-electron chi connectivity index (χ2n) is 8.19. The molecule has 1 unspecified atom stereocenters. The van der Waals surface area contributed by atoms with Crippen LogP contribution in [0.5, 0.6) is 0 Å². The van der Waals surface area contributed by atoms with Gasteiger partial charge in [0.25, 0.3) is 0 Å². The predicted molar refractivity (Wildman–Crippen MR) is 89.5 cm³/mol. The highest BCUT2D eigenvalue weighted by atomic mass is 16.6. The van der Waals surface area contributed by atoms with Crippen LogP contribution in [0.4, 0.5) is 0 Å². The maximum atomic E-state index is 11.4. The lowest BCUT2D eigenvalue weighted by molar-refractivity contribution is -0.174. The standard InChI is InChI=1S/C20H34O2/c1-2-3-4-5-15-6-8-16(9-7-15)17-10-12-18(13-11-17)19-14-22-20(19)21/h15-19H,2-14H2,1H3. The van der Waals surface area contributed by atoms with Crippen molar-refractivity contribution in [3.05, 3.63) is 0 Å². The van der Waals surface area contributed by atoms with Crippen LogP contribution in [0.3, 0.4) is 0 Å². The SMILES string of the molecule is CCCCCC1CCC(C2CCC(C3COC3=O)CC2)CC1. The fourth-order valence-electron chi connectivity index (χ4n) is 5.23. The fourth-order valence-corrected chi connectivity index (χ4v) is 5.23. The van der Waals surface area contributed by atoms with Crippen molar-refractivity contribution in [2.24, 2.45) is 29.6 Å². The Morgan fingerprint density at radius 2 is 1.45 bits per heavy atom. The monoisotopic (exact) mass is 306 g/mol. The van der Waals surface area contributed by atoms with Crippen molar-refractivity contribution in [3.8, 4) is 0 Å². The number of cyclic esters (lactones) is 1. The zero-order chi connectivity index (χ0) is 15.4. The van der Waals surface area contributed by atoms with Crippen LogP contribution in [0.2, 0.25) is 0 Å². The Hall–Kier alpha value is -0.530. The molecule has 1 atom stereocenters. The lowest BCUT2D eigenvalue weighted by atomic mass is 9.66. The number of unbranched alkanes of at least 4 members (excludes halogenated alkanes) is 2. The second kappa shape index (κ2) is 7.84. The molecule has 0 radical (unpaired) electrons. The Balaban J connectivity index is 1.35. The molecule has 3 rings (SSSR count). The largest absolute Gasteiger partial charge is 0.464 e. The van der Waals surface area contributed by atoms with Crippen LogP contribution in [0.15, 0.2) is 0 Å². The molecule has 22 heavy (non-hydrogen) atoms. The molecule has 1 heterocycles. The maximum absolute atomic E-state index is 11.4. The number of ether oxygens (including phenoxy) is 1. The summed E-state index contributed by atoms with van der Waals surface area (Å²) in [6, 6.07) is 0. The number of hydrogen-bond acceptors (Lipinski definition) is 2. The summed E-state index contributed by atoms with van der Waals surface area (Å²) < 4.78 is 4.95. The molecule has 0 N–H and O–H groups in total. The van der Waals surface area contributed by atoms with Crippen molar-refractivity contribution in [2.75, 3.05) is 6.61 Å². The first kappa shape index (κ1) is 16.3. The summed E-state index contributed by atoms with van der Waals surface area (Å²) in [6.07, 6.45) is 17.0. The lowest BCUT2D eigenvalue weighted by Crippen LogP contribution is -2.42. The molecule has 1 aliphatic heterocycles. The first-order valence-electron chi connectivity index (χ1n) is 9.94. The Kier molecular flexibility index (Phi) is 5.82. The van der Waals surface area contributed by atoms with Gasteiger partial charge in [-0.15, -0.1) is 0 Å². The van der Waals surface area contributed by atoms with Crippen molar-refractivity contribution in [1.82, 2.24) is 0 Å². The van der Waals surface area contributed by atoms with Crippen LogP contribution in [0.25, 0.3) is 0 Å². The van der Waals surface area contributed by atoms with E-state index in [1.165, 1.54) is 77.0 Å². The minimum atomic E-state index is 0.0797. The first-order chi connectivity index (χ1) is 10.8. The van der Waals surface area contributed by atoms with Gasteiger partial charge in [-0.2, -0.15) is 0 Å². The quantitative estimate of drug-likeness (QED) is 0.488. The van der Waals surface area contributed by atoms with Crippen LogP contribution in [0, 0.1) is 29.6 Å². The fraction of sp³-hybridized carbons (Fsp3) is 0.950. The van der Waals surface area contributed by atoms with Crippen molar-refractivity contribution in [2.45, 2.75) is 84.0 Å². The molecule has 1 saturated heterocycles. The molecule has 0 aromatic carbocycles. The Morgan fingerprint density at radius 1 is 0.864 bits per heavy atom. The highest BCUT2D eigenvalue weighted by Gasteiger charge is 2.40. The van der Waals surface area contributed by atoms with Gasteiger partial charge < -0.3 is 4.74 Å². The van der Waals surface area contributed by atoms with Crippen LogP contribution in [-0.4, -0.2) is 12.6 Å². The average molecular weight is 306 g/mol. The molecule has 2 saturated carbocycles. The second-order valence-corrected chi connectivity index (χ2v) is 8.19. The summed E-state index contributed by atoms with van der Waals surface area (Å²) in [4.78, 5) is 11.4. The smallest absolute Gasteiger partial charge is 0.312 e. The number of rotatable bonds is 6. The van der Waals surface area contributed by atoms with Crippen LogP contribution in [-0.2, 0) is 9.53 Å². The molecule has 0 spiro atoms. The molecule has 0 amide bonds. The molecule has 0 aromatic heterocycles. The van der Waals surface area contributed by atoms with Gasteiger partial charge in [0.05, 0.1) is 5.92 Å². The normalized spacial score (nSPS) is 39.1. The van der Waals surface area contributed by atoms with Gasteiger partial charge in [0, 0.05) is 0 Å². The number of esters is 1. The molecule has 3 fully saturated rings. The summed E-state index contributed by atoms with van der Waals surface area (Å²) in [5, 5.41) is 0. The topological polar surface area (TPSA) is 26.3 Å². The molecule has 2 aliphatic carbocycles. The van der Waals surface area contributed by atoms with Crippen molar-refractivity contribution in [3.63, 3.8) is 0 Å². The predicted octanol–water partition coefficient (Wildman–Crippen LogP) is 5.35. The summed E-state index contributed by atoms with van der Waals surface area (Å²) >= 11 is 0. The number of carbonyl (C=O) groups is 1. The van der Waals surface area contributed by atoms with Gasteiger partial charge in [-0.25, -0.2) is 0 Å². The molecule has 0 bridgehead atoms. The van der Waals surface area contributed by atoms with E-state index in [9.17, 15) is 4.79 Å². The van der Waals surface area contributed by atoms with E-state index in [1.807, 2.05) is 0 Å². The zero-order valence-electron chi connectivity index (χ0n) is 14.4. The van der Waals surface area contributed by atoms with Gasteiger partial charge in [0.15, 0.2) is 0 Å². The van der Waals surface area contributed by atoms with Gasteiger partial charge in [0.2, 0.25) is 0 Å². The molecule has 0 aromatic rings. The highest BCUT2D eigenvalue weighted by molar-refractivity contribution is 5.77. The maximum Gasteiger partial charge on any atom is 0.312 e. The molecule has 2 heteroatoms. The van der Waals surface area contributed by atoms with E-state index < -0.39 is 0 Å². The van der Waals surface area contributed by atoms with Crippen LogP contribution in [0.1, 0.15) is 84.0 Å². The van der Waals surface area contributed by atoms with Gasteiger partial charge in [0.1, 0.15) is 6.61 Å². The van der Waals surface area contributed by atoms with Gasteiger partial charge in [-0.3, -0.25) is 4.79 Å². The third-order valence-electron chi connectivity index (χ3n) is 6.87. The summed E-state index contributed by atoms with van der Waals surface area (Å²) in [6.45, 7) is 3.01. The summed E-state index contributed by atoms with van der Waals surface area (Å²) in [7, 11) is 0. The van der Waals surface area contributed by atoms with E-state index in [-0.39, 0.29) is 11.9 Å². The molecule has 3 aliphatic rings. The van der Waals surface area contributed by atoms with Gasteiger partial charge in [-0.1, -0.05) is 45.4 Å². The van der Waals surface area contributed by atoms with E-state index in [0.29, 0.717) is 12.5 Å². The third-order valence-corrected chi connectivity index (χ3v) is 6.87. The van der Waals surface area contributed by atoms with E-state index in [2.05, 4.69) is 6.92 Å². The van der Waals surface area contributed by atoms with Crippen molar-refractivity contribution >= 4 is 5.97 Å².